The monoisotopic (exact) mass is 279 g/mol. The van der Waals surface area contributed by atoms with E-state index in [1.807, 2.05) is 6.92 Å². The van der Waals surface area contributed by atoms with Gasteiger partial charge in [0.25, 0.3) is 0 Å². The smallest absolute Gasteiger partial charge is 0.131 e. The van der Waals surface area contributed by atoms with Crippen LogP contribution in [0.25, 0.3) is 0 Å². The van der Waals surface area contributed by atoms with Gasteiger partial charge in [-0.1, -0.05) is 6.07 Å². The van der Waals surface area contributed by atoms with Gasteiger partial charge in [-0.3, -0.25) is 0 Å². The van der Waals surface area contributed by atoms with Crippen LogP contribution < -0.4 is 5.32 Å². The van der Waals surface area contributed by atoms with Gasteiger partial charge in [-0.05, 0) is 55.8 Å². The normalized spacial score (nSPS) is 12.5. The standard InChI is InChI=1S/C16H16F3N/c1-9-4-5-11(17)7-12(9)16(20-3)13-6-10(2)14(18)8-15(13)19/h4-8,16,20H,1-3H3. The van der Waals surface area contributed by atoms with Gasteiger partial charge in [0.2, 0.25) is 0 Å². The number of aryl methyl sites for hydroxylation is 2. The highest BCUT2D eigenvalue weighted by Crippen LogP contribution is 2.28. The Kier molecular flexibility index (Phi) is 4.14. The Morgan fingerprint density at radius 3 is 2.20 bits per heavy atom. The number of nitrogens with one attached hydrogen (secondary N) is 1. The molecule has 0 fully saturated rings. The van der Waals surface area contributed by atoms with Gasteiger partial charge < -0.3 is 5.32 Å². The molecular weight excluding hydrogens is 263 g/mol. The summed E-state index contributed by atoms with van der Waals surface area (Å²) in [5, 5.41) is 2.96. The minimum Gasteiger partial charge on any atom is -0.309 e. The fourth-order valence-corrected chi connectivity index (χ4v) is 2.30. The first-order valence-corrected chi connectivity index (χ1v) is 6.33. The van der Waals surface area contributed by atoms with Crippen LogP contribution in [-0.4, -0.2) is 7.05 Å². The Labute approximate surface area is 116 Å². The maximum absolute atomic E-state index is 14.0. The summed E-state index contributed by atoms with van der Waals surface area (Å²) in [6, 6.07) is 6.17. The molecule has 2 rings (SSSR count). The van der Waals surface area contributed by atoms with Crippen molar-refractivity contribution in [1.29, 1.82) is 0 Å². The number of rotatable bonds is 3. The van der Waals surface area contributed by atoms with E-state index in [0.29, 0.717) is 16.7 Å². The quantitative estimate of drug-likeness (QED) is 0.894. The third kappa shape index (κ3) is 2.70. The highest BCUT2D eigenvalue weighted by molar-refractivity contribution is 5.39. The Balaban J connectivity index is 2.58. The molecule has 1 nitrogen and oxygen atoms in total. The van der Waals surface area contributed by atoms with Crippen molar-refractivity contribution in [3.05, 3.63) is 70.0 Å². The lowest BCUT2D eigenvalue weighted by atomic mass is 9.93. The molecule has 2 aromatic rings. The third-order valence-corrected chi connectivity index (χ3v) is 3.43. The maximum Gasteiger partial charge on any atom is 0.131 e. The van der Waals surface area contributed by atoms with Crippen LogP contribution in [0.15, 0.2) is 30.3 Å². The molecule has 1 N–H and O–H groups in total. The second-order valence-corrected chi connectivity index (χ2v) is 4.85. The van der Waals surface area contributed by atoms with Gasteiger partial charge in [0.1, 0.15) is 17.5 Å². The zero-order valence-corrected chi connectivity index (χ0v) is 11.6. The summed E-state index contributed by atoms with van der Waals surface area (Å²) in [5.41, 5.74) is 2.14. The van der Waals surface area contributed by atoms with Gasteiger partial charge in [0.05, 0.1) is 6.04 Å². The van der Waals surface area contributed by atoms with Crippen molar-refractivity contribution in [3.8, 4) is 0 Å². The number of benzene rings is 2. The zero-order valence-electron chi connectivity index (χ0n) is 11.6. The van der Waals surface area contributed by atoms with Crippen LogP contribution in [0.3, 0.4) is 0 Å². The van der Waals surface area contributed by atoms with Gasteiger partial charge in [0, 0.05) is 11.6 Å². The highest BCUT2D eigenvalue weighted by Gasteiger charge is 2.20. The summed E-state index contributed by atoms with van der Waals surface area (Å²) in [4.78, 5) is 0. The van der Waals surface area contributed by atoms with E-state index in [1.165, 1.54) is 18.2 Å². The third-order valence-electron chi connectivity index (χ3n) is 3.43. The van der Waals surface area contributed by atoms with E-state index in [2.05, 4.69) is 5.32 Å². The highest BCUT2D eigenvalue weighted by atomic mass is 19.1. The maximum atomic E-state index is 14.0. The molecule has 0 aliphatic heterocycles. The Morgan fingerprint density at radius 1 is 0.850 bits per heavy atom. The summed E-state index contributed by atoms with van der Waals surface area (Å²) in [6.07, 6.45) is 0. The first-order valence-electron chi connectivity index (χ1n) is 6.33. The van der Waals surface area contributed by atoms with E-state index in [-0.39, 0.29) is 5.82 Å². The van der Waals surface area contributed by atoms with Crippen LogP contribution in [-0.2, 0) is 0 Å². The molecule has 0 saturated carbocycles. The van der Waals surface area contributed by atoms with Crippen LogP contribution in [0.1, 0.15) is 28.3 Å². The lowest BCUT2D eigenvalue weighted by Gasteiger charge is -2.20. The molecule has 106 valence electrons. The van der Waals surface area contributed by atoms with Gasteiger partial charge >= 0.3 is 0 Å². The van der Waals surface area contributed by atoms with Crippen LogP contribution in [0.4, 0.5) is 13.2 Å². The fraction of sp³-hybridized carbons (Fsp3) is 0.250. The first-order chi connectivity index (χ1) is 9.43. The van der Waals surface area contributed by atoms with Crippen molar-refractivity contribution < 1.29 is 13.2 Å². The number of halogens is 3. The van der Waals surface area contributed by atoms with Crippen molar-refractivity contribution in [2.45, 2.75) is 19.9 Å². The molecule has 0 spiro atoms. The van der Waals surface area contributed by atoms with Crippen LogP contribution >= 0.6 is 0 Å². The fourth-order valence-electron chi connectivity index (χ4n) is 2.30. The van der Waals surface area contributed by atoms with Gasteiger partial charge in [-0.25, -0.2) is 13.2 Å². The molecule has 0 radical (unpaired) electrons. The number of hydrogen-bond donors (Lipinski definition) is 1. The topological polar surface area (TPSA) is 12.0 Å². The van der Waals surface area contributed by atoms with Crippen molar-refractivity contribution in [2.24, 2.45) is 0 Å². The van der Waals surface area contributed by atoms with Crippen molar-refractivity contribution >= 4 is 0 Å². The van der Waals surface area contributed by atoms with Crippen LogP contribution in [0, 0.1) is 31.3 Å². The predicted octanol–water partition coefficient (Wildman–Crippen LogP) is 4.03. The van der Waals surface area contributed by atoms with Gasteiger partial charge in [-0.15, -0.1) is 0 Å². The molecule has 1 atom stereocenters. The molecular formula is C16H16F3N. The molecule has 20 heavy (non-hydrogen) atoms. The van der Waals surface area contributed by atoms with Crippen molar-refractivity contribution in [1.82, 2.24) is 5.32 Å². The summed E-state index contributed by atoms with van der Waals surface area (Å²) in [5.74, 6) is -1.61. The lowest BCUT2D eigenvalue weighted by Crippen LogP contribution is -2.20. The Hall–Kier alpha value is -1.81. The van der Waals surface area contributed by atoms with E-state index in [1.54, 1.807) is 20.0 Å². The van der Waals surface area contributed by atoms with Crippen LogP contribution in [0.5, 0.6) is 0 Å². The second-order valence-electron chi connectivity index (χ2n) is 4.85. The molecule has 0 bridgehead atoms. The summed E-state index contributed by atoms with van der Waals surface area (Å²) in [7, 11) is 1.66. The van der Waals surface area contributed by atoms with Crippen molar-refractivity contribution in [3.63, 3.8) is 0 Å². The molecule has 0 amide bonds. The first kappa shape index (κ1) is 14.6. The molecule has 0 aromatic heterocycles. The predicted molar refractivity (Wildman–Crippen MR) is 73.1 cm³/mol. The number of hydrogen-bond acceptors (Lipinski definition) is 1. The SMILES string of the molecule is CNC(c1cc(F)ccc1C)c1cc(C)c(F)cc1F. The van der Waals surface area contributed by atoms with Gasteiger partial charge in [0.15, 0.2) is 0 Å². The lowest BCUT2D eigenvalue weighted by molar-refractivity contribution is 0.545. The second kappa shape index (κ2) is 5.67. The molecule has 0 aliphatic carbocycles. The minimum absolute atomic E-state index is 0.306. The van der Waals surface area contributed by atoms with Crippen LogP contribution in [0.2, 0.25) is 0 Å². The molecule has 1 unspecified atom stereocenters. The minimum atomic E-state index is -0.642. The molecule has 0 saturated heterocycles. The van der Waals surface area contributed by atoms with E-state index >= 15 is 0 Å². The average Bonchev–Trinajstić information content (AvgIpc) is 2.40. The van der Waals surface area contributed by atoms with E-state index < -0.39 is 17.7 Å². The largest absolute Gasteiger partial charge is 0.309 e. The summed E-state index contributed by atoms with van der Waals surface area (Å²) >= 11 is 0. The van der Waals surface area contributed by atoms with E-state index in [4.69, 9.17) is 0 Å². The Morgan fingerprint density at radius 2 is 1.55 bits per heavy atom. The molecule has 2 aromatic carbocycles. The van der Waals surface area contributed by atoms with Gasteiger partial charge in [-0.2, -0.15) is 0 Å². The summed E-state index contributed by atoms with van der Waals surface area (Å²) in [6.45, 7) is 3.40. The molecule has 0 aliphatic rings. The van der Waals surface area contributed by atoms with E-state index in [9.17, 15) is 13.2 Å². The zero-order chi connectivity index (χ0) is 14.9. The van der Waals surface area contributed by atoms with E-state index in [0.717, 1.165) is 11.6 Å². The molecule has 0 heterocycles. The summed E-state index contributed by atoms with van der Waals surface area (Å²) < 4.78 is 40.8. The van der Waals surface area contributed by atoms with Crippen molar-refractivity contribution in [2.75, 3.05) is 7.05 Å². The average molecular weight is 279 g/mol. The molecule has 4 heteroatoms. The Bertz CT molecular complexity index is 638.